The zero-order chi connectivity index (χ0) is 11.8. The molecule has 84 valence electrons. The first-order valence-corrected chi connectivity index (χ1v) is 5.89. The first-order valence-electron chi connectivity index (χ1n) is 5.89. The molecule has 0 spiro atoms. The van der Waals surface area contributed by atoms with Gasteiger partial charge in [0.15, 0.2) is 0 Å². The van der Waals surface area contributed by atoms with Crippen molar-refractivity contribution in [1.82, 2.24) is 0 Å². The molecule has 0 saturated carbocycles. The minimum atomic E-state index is 0.127. The molecule has 0 nitrogen and oxygen atoms in total. The molecule has 0 N–H and O–H groups in total. The molecular weight excluding hydrogens is 192 g/mol. The highest BCUT2D eigenvalue weighted by atomic mass is 14.2. The van der Waals surface area contributed by atoms with E-state index in [2.05, 4.69) is 76.3 Å². The van der Waals surface area contributed by atoms with Crippen LogP contribution in [0.5, 0.6) is 0 Å². The van der Waals surface area contributed by atoms with Gasteiger partial charge in [-0.3, -0.25) is 0 Å². The Kier molecular flexibility index (Phi) is 2.53. The molecule has 16 heavy (non-hydrogen) atoms. The van der Waals surface area contributed by atoms with Crippen LogP contribution in [0.2, 0.25) is 0 Å². The van der Waals surface area contributed by atoms with E-state index >= 15 is 0 Å². The van der Waals surface area contributed by atoms with E-state index in [9.17, 15) is 0 Å². The third-order valence-electron chi connectivity index (χ3n) is 2.99. The van der Waals surface area contributed by atoms with Gasteiger partial charge in [-0.15, -0.1) is 0 Å². The van der Waals surface area contributed by atoms with Gasteiger partial charge in [0.1, 0.15) is 0 Å². The van der Waals surface area contributed by atoms with Crippen LogP contribution in [0.3, 0.4) is 0 Å². The minimum Gasteiger partial charge on any atom is -0.0782 e. The molecule has 0 bridgehead atoms. The number of fused-ring (bicyclic) bond motifs is 1. The van der Waals surface area contributed by atoms with Crippen LogP contribution >= 0.6 is 0 Å². The second-order valence-corrected chi connectivity index (χ2v) is 5.89. The second kappa shape index (κ2) is 3.62. The van der Waals surface area contributed by atoms with Crippen molar-refractivity contribution >= 4 is 12.2 Å². The van der Waals surface area contributed by atoms with Crippen LogP contribution in [0.1, 0.15) is 27.7 Å². The summed E-state index contributed by atoms with van der Waals surface area (Å²) in [5.74, 6) is 0. The largest absolute Gasteiger partial charge is 0.0782 e. The number of hydrogen-bond donors (Lipinski definition) is 0. The summed E-state index contributed by atoms with van der Waals surface area (Å²) in [6.07, 6.45) is 9.29. The third kappa shape index (κ3) is 2.44. The third-order valence-corrected chi connectivity index (χ3v) is 2.99. The fraction of sp³-hybridized carbons (Fsp3) is 0.375. The van der Waals surface area contributed by atoms with Crippen molar-refractivity contribution in [2.24, 2.45) is 10.8 Å². The van der Waals surface area contributed by atoms with E-state index in [0.717, 1.165) is 0 Å². The van der Waals surface area contributed by atoms with E-state index in [4.69, 9.17) is 0 Å². The molecule has 0 aromatic heterocycles. The monoisotopic (exact) mass is 212 g/mol. The topological polar surface area (TPSA) is 0 Å². The van der Waals surface area contributed by atoms with E-state index in [-0.39, 0.29) is 10.8 Å². The molecule has 0 radical (unpaired) electrons. The highest BCUT2D eigenvalue weighted by Crippen LogP contribution is 2.26. The number of allylic oxidation sites excluding steroid dienone is 2. The Morgan fingerprint density at radius 3 is 1.44 bits per heavy atom. The summed E-state index contributed by atoms with van der Waals surface area (Å²) in [7, 11) is 0. The van der Waals surface area contributed by atoms with E-state index in [0.29, 0.717) is 0 Å². The summed E-state index contributed by atoms with van der Waals surface area (Å²) in [5.41, 5.74) is 0.253. The predicted molar refractivity (Wildman–Crippen MR) is 71.3 cm³/mol. The maximum absolute atomic E-state index is 2.34. The number of benzene rings is 1. The molecule has 0 unspecified atom stereocenters. The molecule has 1 aliphatic carbocycles. The first kappa shape index (κ1) is 11.2. The van der Waals surface area contributed by atoms with E-state index in [1.165, 1.54) is 10.4 Å². The second-order valence-electron chi connectivity index (χ2n) is 5.89. The van der Waals surface area contributed by atoms with Gasteiger partial charge < -0.3 is 0 Å². The number of rotatable bonds is 0. The standard InChI is InChI=1S/C16H20/c1-15(2)9-10-16(3,4)12-14-8-6-5-7-13(14)11-15/h5-12H,1-4H3. The van der Waals surface area contributed by atoms with Crippen LogP contribution in [0.4, 0.5) is 0 Å². The van der Waals surface area contributed by atoms with Crippen LogP contribution in [0.15, 0.2) is 36.4 Å². The fourth-order valence-electron chi connectivity index (χ4n) is 2.10. The smallest absolute Gasteiger partial charge is 0.00139 e. The molecule has 1 aliphatic rings. The molecule has 0 atom stereocenters. The molecule has 0 fully saturated rings. The predicted octanol–water partition coefficient (Wildman–Crippen LogP) is 2.87. The Balaban J connectivity index is 2.81. The van der Waals surface area contributed by atoms with E-state index in [1.54, 1.807) is 0 Å². The molecular formula is C16H20. The summed E-state index contributed by atoms with van der Waals surface area (Å²) in [5, 5.41) is 2.68. The van der Waals surface area contributed by atoms with Crippen LogP contribution in [-0.2, 0) is 0 Å². The Morgan fingerprint density at radius 1 is 0.688 bits per heavy atom. The van der Waals surface area contributed by atoms with Gasteiger partial charge in [0.2, 0.25) is 0 Å². The SMILES string of the molecule is CC1(C)C=CC(C)(C)C=c2ccccc2=C1. The van der Waals surface area contributed by atoms with Crippen molar-refractivity contribution in [3.63, 3.8) is 0 Å². The minimum absolute atomic E-state index is 0.127. The van der Waals surface area contributed by atoms with Crippen molar-refractivity contribution in [2.45, 2.75) is 27.7 Å². The first-order chi connectivity index (χ1) is 7.38. The van der Waals surface area contributed by atoms with Crippen LogP contribution < -0.4 is 10.4 Å². The lowest BCUT2D eigenvalue weighted by Gasteiger charge is -2.22. The van der Waals surface area contributed by atoms with Gasteiger partial charge in [-0.2, -0.15) is 0 Å². The Bertz CT molecular complexity index is 478. The molecule has 0 heterocycles. The summed E-state index contributed by atoms with van der Waals surface area (Å²) < 4.78 is 0. The van der Waals surface area contributed by atoms with Gasteiger partial charge in [0, 0.05) is 10.8 Å². The molecule has 1 aromatic carbocycles. The molecule has 0 heteroatoms. The Morgan fingerprint density at radius 2 is 1.06 bits per heavy atom. The highest BCUT2D eigenvalue weighted by molar-refractivity contribution is 5.45. The quantitative estimate of drug-likeness (QED) is 0.580. The van der Waals surface area contributed by atoms with Gasteiger partial charge in [0.25, 0.3) is 0 Å². The van der Waals surface area contributed by atoms with Crippen molar-refractivity contribution in [3.05, 3.63) is 46.9 Å². The van der Waals surface area contributed by atoms with Crippen LogP contribution in [-0.4, -0.2) is 0 Å². The average Bonchev–Trinajstić information content (AvgIpc) is 2.17. The van der Waals surface area contributed by atoms with Crippen LogP contribution in [0, 0.1) is 10.8 Å². The Labute approximate surface area is 98.0 Å². The van der Waals surface area contributed by atoms with Crippen molar-refractivity contribution in [2.75, 3.05) is 0 Å². The average molecular weight is 212 g/mol. The number of hydrogen-bond acceptors (Lipinski definition) is 0. The molecule has 0 amide bonds. The summed E-state index contributed by atoms with van der Waals surface area (Å²) in [6.45, 7) is 9.01. The maximum atomic E-state index is 2.34. The summed E-state index contributed by atoms with van der Waals surface area (Å²) >= 11 is 0. The Hall–Kier alpha value is -1.30. The van der Waals surface area contributed by atoms with Crippen molar-refractivity contribution < 1.29 is 0 Å². The lowest BCUT2D eigenvalue weighted by atomic mass is 9.83. The zero-order valence-electron chi connectivity index (χ0n) is 10.6. The van der Waals surface area contributed by atoms with E-state index in [1.807, 2.05) is 0 Å². The van der Waals surface area contributed by atoms with Crippen molar-refractivity contribution in [1.29, 1.82) is 0 Å². The van der Waals surface area contributed by atoms with Gasteiger partial charge in [-0.1, -0.05) is 76.3 Å². The normalized spacial score (nSPS) is 21.0. The van der Waals surface area contributed by atoms with Gasteiger partial charge >= 0.3 is 0 Å². The molecule has 0 aliphatic heterocycles. The van der Waals surface area contributed by atoms with Gasteiger partial charge in [-0.05, 0) is 10.4 Å². The van der Waals surface area contributed by atoms with Crippen LogP contribution in [0.25, 0.3) is 12.2 Å². The highest BCUT2D eigenvalue weighted by Gasteiger charge is 2.16. The molecule has 1 aromatic rings. The molecule has 0 saturated heterocycles. The van der Waals surface area contributed by atoms with E-state index < -0.39 is 0 Å². The van der Waals surface area contributed by atoms with Crippen molar-refractivity contribution in [3.8, 4) is 0 Å². The maximum Gasteiger partial charge on any atom is 0.00139 e. The zero-order valence-corrected chi connectivity index (χ0v) is 10.6. The molecule has 2 rings (SSSR count). The lowest BCUT2D eigenvalue weighted by molar-refractivity contribution is 0.618. The summed E-state index contributed by atoms with van der Waals surface area (Å²) in [6, 6.07) is 8.61. The lowest BCUT2D eigenvalue weighted by Crippen LogP contribution is -2.30. The fourth-order valence-corrected chi connectivity index (χ4v) is 2.10. The van der Waals surface area contributed by atoms with Gasteiger partial charge in [0.05, 0.1) is 0 Å². The summed E-state index contributed by atoms with van der Waals surface area (Å²) in [4.78, 5) is 0. The van der Waals surface area contributed by atoms with Gasteiger partial charge in [-0.25, -0.2) is 0 Å².